The zero-order chi connectivity index (χ0) is 17.5. The maximum absolute atomic E-state index is 2.33. The molecule has 0 heterocycles. The van der Waals surface area contributed by atoms with Gasteiger partial charge in [0.15, 0.2) is 0 Å². The van der Waals surface area contributed by atoms with Gasteiger partial charge in [0.05, 0.1) is 0 Å². The Labute approximate surface area is 154 Å². The second-order valence-electron chi connectivity index (χ2n) is 6.86. The largest absolute Gasteiger partial charge is 0.119 e. The summed E-state index contributed by atoms with van der Waals surface area (Å²) in [4.78, 5) is 0. The van der Waals surface area contributed by atoms with Gasteiger partial charge in [-0.15, -0.1) is 8.58 Å². The van der Waals surface area contributed by atoms with Crippen molar-refractivity contribution in [2.45, 2.75) is 31.3 Å². The molecule has 0 N–H and O–H groups in total. The van der Waals surface area contributed by atoms with Gasteiger partial charge in [-0.2, -0.15) is 0 Å². The normalized spacial score (nSPS) is 12.1. The summed E-state index contributed by atoms with van der Waals surface area (Å²) in [5.41, 5.74) is 4.86. The molecule has 0 spiro atoms. The number of benzene rings is 3. The fourth-order valence-corrected chi connectivity index (χ4v) is 4.75. The molecule has 0 amide bonds. The van der Waals surface area contributed by atoms with E-state index in [4.69, 9.17) is 0 Å². The minimum atomic E-state index is -0.0777. The molecule has 128 valence electrons. The molecule has 0 bridgehead atoms. The molecule has 1 heteroatoms. The second-order valence-corrected chi connectivity index (χ2v) is 8.93. The van der Waals surface area contributed by atoms with Crippen LogP contribution in [0.4, 0.5) is 0 Å². The SMILES string of the molecule is CC(C)PCCC(c1ccccc1)(c1ccccc1)c1ccccc1. The van der Waals surface area contributed by atoms with Gasteiger partial charge in [0, 0.05) is 5.41 Å². The van der Waals surface area contributed by atoms with E-state index in [2.05, 4.69) is 105 Å². The Morgan fingerprint density at radius 1 is 0.640 bits per heavy atom. The van der Waals surface area contributed by atoms with Gasteiger partial charge in [0.2, 0.25) is 0 Å². The van der Waals surface area contributed by atoms with Crippen molar-refractivity contribution < 1.29 is 0 Å². The van der Waals surface area contributed by atoms with Crippen molar-refractivity contribution in [3.05, 3.63) is 108 Å². The first kappa shape index (κ1) is 17.9. The standard InChI is InChI=1S/C24H27P/c1-20(2)25-19-18-24(21-12-6-3-7-13-21,22-14-8-4-9-15-22)23-16-10-5-11-17-23/h3-17,20,25H,18-19H2,1-2H3. The second kappa shape index (κ2) is 8.45. The van der Waals surface area contributed by atoms with E-state index in [0.29, 0.717) is 0 Å². The van der Waals surface area contributed by atoms with Crippen molar-refractivity contribution in [1.82, 2.24) is 0 Å². The van der Waals surface area contributed by atoms with Crippen molar-refractivity contribution in [2.75, 3.05) is 6.16 Å². The van der Waals surface area contributed by atoms with Crippen LogP contribution in [-0.4, -0.2) is 11.8 Å². The third-order valence-electron chi connectivity index (χ3n) is 4.85. The highest BCUT2D eigenvalue weighted by Crippen LogP contribution is 2.43. The van der Waals surface area contributed by atoms with Crippen LogP contribution in [0.3, 0.4) is 0 Å². The predicted molar refractivity (Wildman–Crippen MR) is 112 cm³/mol. The minimum absolute atomic E-state index is 0.0777. The van der Waals surface area contributed by atoms with Crippen molar-refractivity contribution in [3.63, 3.8) is 0 Å². The lowest BCUT2D eigenvalue weighted by molar-refractivity contribution is 0.597. The minimum Gasteiger partial charge on any atom is -0.119 e. The zero-order valence-electron chi connectivity index (χ0n) is 15.2. The third kappa shape index (κ3) is 4.02. The van der Waals surface area contributed by atoms with Crippen LogP contribution in [-0.2, 0) is 5.41 Å². The molecule has 3 rings (SSSR count). The van der Waals surface area contributed by atoms with Crippen LogP contribution in [0, 0.1) is 0 Å². The lowest BCUT2D eigenvalue weighted by Crippen LogP contribution is -2.30. The maximum Gasteiger partial charge on any atom is 0.0454 e. The zero-order valence-corrected chi connectivity index (χ0v) is 16.2. The molecule has 0 aromatic heterocycles. The summed E-state index contributed by atoms with van der Waals surface area (Å²) < 4.78 is 0. The molecular weight excluding hydrogens is 319 g/mol. The van der Waals surface area contributed by atoms with Crippen LogP contribution >= 0.6 is 8.58 Å². The molecule has 25 heavy (non-hydrogen) atoms. The first-order valence-electron chi connectivity index (χ1n) is 9.13. The molecule has 0 saturated heterocycles. The van der Waals surface area contributed by atoms with E-state index < -0.39 is 0 Å². The third-order valence-corrected chi connectivity index (χ3v) is 6.21. The van der Waals surface area contributed by atoms with Crippen LogP contribution in [0.1, 0.15) is 37.0 Å². The first-order chi connectivity index (χ1) is 12.2. The van der Waals surface area contributed by atoms with Gasteiger partial charge in [-0.3, -0.25) is 0 Å². The Bertz CT molecular complexity index is 651. The van der Waals surface area contributed by atoms with Gasteiger partial charge in [-0.05, 0) is 34.9 Å². The summed E-state index contributed by atoms with van der Waals surface area (Å²) in [6, 6.07) is 33.1. The van der Waals surface area contributed by atoms with Gasteiger partial charge in [-0.1, -0.05) is 105 Å². The van der Waals surface area contributed by atoms with E-state index in [0.717, 1.165) is 20.7 Å². The van der Waals surface area contributed by atoms with Crippen LogP contribution in [0.5, 0.6) is 0 Å². The van der Waals surface area contributed by atoms with Crippen molar-refractivity contribution in [2.24, 2.45) is 0 Å². The van der Waals surface area contributed by atoms with E-state index in [-0.39, 0.29) is 5.41 Å². The van der Waals surface area contributed by atoms with E-state index in [1.54, 1.807) is 0 Å². The topological polar surface area (TPSA) is 0 Å². The predicted octanol–water partition coefficient (Wildman–Crippen LogP) is 6.50. The van der Waals surface area contributed by atoms with E-state index in [1.165, 1.54) is 22.9 Å². The number of hydrogen-bond acceptors (Lipinski definition) is 0. The van der Waals surface area contributed by atoms with Gasteiger partial charge in [0.1, 0.15) is 0 Å². The lowest BCUT2D eigenvalue weighted by atomic mass is 9.68. The maximum atomic E-state index is 2.33. The summed E-state index contributed by atoms with van der Waals surface area (Å²) >= 11 is 0. The summed E-state index contributed by atoms with van der Waals surface area (Å²) in [6.07, 6.45) is 2.39. The van der Waals surface area contributed by atoms with E-state index in [1.807, 2.05) is 0 Å². The molecular formula is C24H27P. The fraction of sp³-hybridized carbons (Fsp3) is 0.250. The molecule has 0 aliphatic rings. The first-order valence-corrected chi connectivity index (χ1v) is 10.4. The van der Waals surface area contributed by atoms with Gasteiger partial charge in [0.25, 0.3) is 0 Å². The van der Waals surface area contributed by atoms with Crippen LogP contribution < -0.4 is 0 Å². The van der Waals surface area contributed by atoms with Crippen molar-refractivity contribution >= 4 is 8.58 Å². The molecule has 0 aliphatic carbocycles. The molecule has 3 aromatic rings. The summed E-state index contributed by atoms with van der Waals surface area (Å²) in [5.74, 6) is 0. The Morgan fingerprint density at radius 3 is 1.32 bits per heavy atom. The fourth-order valence-electron chi connectivity index (χ4n) is 3.65. The number of rotatable bonds is 7. The molecule has 0 radical (unpaired) electrons. The Morgan fingerprint density at radius 2 is 1.00 bits per heavy atom. The molecule has 0 saturated carbocycles. The van der Waals surface area contributed by atoms with Crippen LogP contribution in [0.2, 0.25) is 0 Å². The molecule has 0 nitrogen and oxygen atoms in total. The van der Waals surface area contributed by atoms with Crippen LogP contribution in [0.25, 0.3) is 0 Å². The Kier molecular flexibility index (Phi) is 6.05. The summed E-state index contributed by atoms with van der Waals surface area (Å²) in [6.45, 7) is 4.65. The van der Waals surface area contributed by atoms with E-state index in [9.17, 15) is 0 Å². The van der Waals surface area contributed by atoms with E-state index >= 15 is 0 Å². The van der Waals surface area contributed by atoms with Crippen molar-refractivity contribution in [1.29, 1.82) is 0 Å². The van der Waals surface area contributed by atoms with Gasteiger partial charge >= 0.3 is 0 Å². The lowest BCUT2D eigenvalue weighted by Gasteiger charge is -2.36. The summed E-state index contributed by atoms with van der Waals surface area (Å²) in [5, 5.41) is 0. The highest BCUT2D eigenvalue weighted by Gasteiger charge is 2.35. The number of hydrogen-bond donors (Lipinski definition) is 0. The average Bonchev–Trinajstić information content (AvgIpc) is 2.67. The smallest absolute Gasteiger partial charge is 0.0454 e. The Balaban J connectivity index is 2.16. The van der Waals surface area contributed by atoms with Crippen LogP contribution in [0.15, 0.2) is 91.0 Å². The highest BCUT2D eigenvalue weighted by atomic mass is 31.1. The molecule has 1 unspecified atom stereocenters. The quantitative estimate of drug-likeness (QED) is 0.338. The molecule has 0 aliphatic heterocycles. The van der Waals surface area contributed by atoms with Gasteiger partial charge in [-0.25, -0.2) is 0 Å². The van der Waals surface area contributed by atoms with Gasteiger partial charge < -0.3 is 0 Å². The molecule has 1 atom stereocenters. The van der Waals surface area contributed by atoms with Crippen molar-refractivity contribution in [3.8, 4) is 0 Å². The monoisotopic (exact) mass is 346 g/mol. The highest BCUT2D eigenvalue weighted by molar-refractivity contribution is 7.38. The molecule has 3 aromatic carbocycles. The Hall–Kier alpha value is -1.91. The summed E-state index contributed by atoms with van der Waals surface area (Å²) in [7, 11) is 0.997. The average molecular weight is 346 g/mol. The molecule has 0 fully saturated rings.